The van der Waals surface area contributed by atoms with Crippen molar-refractivity contribution in [2.24, 2.45) is 5.73 Å². The molecule has 0 spiro atoms. The lowest BCUT2D eigenvalue weighted by Gasteiger charge is -2.29. The van der Waals surface area contributed by atoms with E-state index in [1.54, 1.807) is 68.6 Å². The van der Waals surface area contributed by atoms with Crippen LogP contribution in [-0.2, 0) is 11.3 Å². The van der Waals surface area contributed by atoms with Gasteiger partial charge in [0, 0.05) is 12.2 Å². The predicted octanol–water partition coefficient (Wildman–Crippen LogP) is 3.44. The summed E-state index contributed by atoms with van der Waals surface area (Å²) in [5, 5.41) is 2.89. The van der Waals surface area contributed by atoms with E-state index in [2.05, 4.69) is 9.69 Å². The molecule has 0 fully saturated rings. The number of hydrogen-bond acceptors (Lipinski definition) is 8. The first-order valence-electron chi connectivity index (χ1n) is 11.2. The molecule has 0 radical (unpaired) electrons. The first kappa shape index (κ1) is 25.5. The second-order valence-electron chi connectivity index (χ2n) is 8.07. The van der Waals surface area contributed by atoms with Crippen LogP contribution in [0, 0.1) is 6.92 Å². The maximum atomic E-state index is 13.9. The lowest BCUT2D eigenvalue weighted by atomic mass is 10.1. The van der Waals surface area contributed by atoms with Crippen molar-refractivity contribution in [1.29, 1.82) is 0 Å². The van der Waals surface area contributed by atoms with Gasteiger partial charge in [-0.2, -0.15) is 4.37 Å². The van der Waals surface area contributed by atoms with Crippen LogP contribution < -0.4 is 26.4 Å². The second-order valence-corrected chi connectivity index (χ2v) is 8.84. The number of ether oxygens (including phenoxy) is 1. The van der Waals surface area contributed by atoms with Crippen LogP contribution in [0.2, 0.25) is 0 Å². The monoisotopic (exact) mass is 519 g/mol. The van der Waals surface area contributed by atoms with Gasteiger partial charge in [-0.1, -0.05) is 30.3 Å². The van der Waals surface area contributed by atoms with E-state index in [-0.39, 0.29) is 28.6 Å². The predicted molar refractivity (Wildman–Crippen MR) is 139 cm³/mol. The molecule has 2 aromatic carbocycles. The normalized spacial score (nSPS) is 11.5. The number of benzene rings is 2. The summed E-state index contributed by atoms with van der Waals surface area (Å²) in [7, 11) is 1.57. The van der Waals surface area contributed by atoms with E-state index in [4.69, 9.17) is 20.6 Å². The average Bonchev–Trinajstić information content (AvgIpc) is 3.51. The Kier molecular flexibility index (Phi) is 7.54. The molecule has 10 nitrogen and oxygen atoms in total. The van der Waals surface area contributed by atoms with Crippen molar-refractivity contribution >= 4 is 40.6 Å². The summed E-state index contributed by atoms with van der Waals surface area (Å²) < 4.78 is 14.9. The van der Waals surface area contributed by atoms with Gasteiger partial charge in [-0.15, -0.1) is 0 Å². The number of nitrogen functional groups attached to an aromatic ring is 1. The number of primary amides is 1. The van der Waals surface area contributed by atoms with Crippen LogP contribution in [0.25, 0.3) is 0 Å². The molecule has 0 saturated heterocycles. The van der Waals surface area contributed by atoms with Crippen molar-refractivity contribution in [1.82, 2.24) is 9.69 Å². The summed E-state index contributed by atoms with van der Waals surface area (Å²) in [5.41, 5.74) is 12.3. The SMILES string of the molecule is COc1ccc(CNC(=O)C(c2ccc(C)o2)N(C(=O)c2snc(C(N)=O)c2N)c2ccccc2)cc1. The highest BCUT2D eigenvalue weighted by molar-refractivity contribution is 7.09. The van der Waals surface area contributed by atoms with Crippen LogP contribution in [0.5, 0.6) is 5.75 Å². The number of para-hydroxylation sites is 1. The van der Waals surface area contributed by atoms with Gasteiger partial charge in [0.05, 0.1) is 12.8 Å². The minimum absolute atomic E-state index is 0.0196. The number of nitrogens with one attached hydrogen (secondary N) is 1. The Labute approximate surface area is 217 Å². The molecule has 190 valence electrons. The molecule has 11 heteroatoms. The number of carbonyl (C=O) groups is 3. The van der Waals surface area contributed by atoms with Crippen LogP contribution in [0.4, 0.5) is 11.4 Å². The molecule has 1 atom stereocenters. The molecule has 0 bridgehead atoms. The summed E-state index contributed by atoms with van der Waals surface area (Å²) in [6.07, 6.45) is 0. The maximum absolute atomic E-state index is 13.9. The van der Waals surface area contributed by atoms with Crippen LogP contribution >= 0.6 is 11.5 Å². The number of amides is 3. The van der Waals surface area contributed by atoms with E-state index in [0.29, 0.717) is 17.2 Å². The fraction of sp³-hybridized carbons (Fsp3) is 0.154. The Morgan fingerprint density at radius 3 is 2.35 bits per heavy atom. The van der Waals surface area contributed by atoms with Gasteiger partial charge >= 0.3 is 0 Å². The van der Waals surface area contributed by atoms with Crippen molar-refractivity contribution in [2.45, 2.75) is 19.5 Å². The Hall–Kier alpha value is -4.64. The van der Waals surface area contributed by atoms with Crippen LogP contribution in [0.1, 0.15) is 43.3 Å². The van der Waals surface area contributed by atoms with E-state index in [1.807, 2.05) is 12.1 Å². The average molecular weight is 520 g/mol. The van der Waals surface area contributed by atoms with Crippen LogP contribution in [-0.4, -0.2) is 29.2 Å². The summed E-state index contributed by atoms with van der Waals surface area (Å²) >= 11 is 0.738. The zero-order valence-corrected chi connectivity index (χ0v) is 21.0. The molecular formula is C26H25N5O5S. The molecule has 37 heavy (non-hydrogen) atoms. The molecule has 1 unspecified atom stereocenters. The van der Waals surface area contributed by atoms with E-state index < -0.39 is 23.8 Å². The van der Waals surface area contributed by atoms with E-state index in [0.717, 1.165) is 17.1 Å². The molecule has 3 amide bonds. The highest BCUT2D eigenvalue weighted by atomic mass is 32.1. The van der Waals surface area contributed by atoms with Crippen molar-refractivity contribution in [3.63, 3.8) is 0 Å². The number of carbonyl (C=O) groups excluding carboxylic acids is 3. The van der Waals surface area contributed by atoms with Gasteiger partial charge in [0.1, 0.15) is 22.1 Å². The quantitative estimate of drug-likeness (QED) is 0.306. The second kappa shape index (κ2) is 11.0. The maximum Gasteiger partial charge on any atom is 0.273 e. The molecule has 2 aromatic heterocycles. The number of nitrogens with two attached hydrogens (primary N) is 2. The zero-order valence-electron chi connectivity index (χ0n) is 20.1. The van der Waals surface area contributed by atoms with Crippen molar-refractivity contribution in [2.75, 3.05) is 17.7 Å². The van der Waals surface area contributed by atoms with E-state index >= 15 is 0 Å². The number of aromatic nitrogens is 1. The first-order chi connectivity index (χ1) is 17.8. The molecule has 4 aromatic rings. The smallest absolute Gasteiger partial charge is 0.273 e. The summed E-state index contributed by atoms with van der Waals surface area (Å²) in [5.74, 6) is -0.461. The van der Waals surface area contributed by atoms with Gasteiger partial charge in [0.2, 0.25) is 0 Å². The number of anilines is 2. The van der Waals surface area contributed by atoms with Gasteiger partial charge in [-0.05, 0) is 60.4 Å². The van der Waals surface area contributed by atoms with E-state index in [1.165, 1.54) is 4.90 Å². The third-order valence-electron chi connectivity index (χ3n) is 5.57. The summed E-state index contributed by atoms with van der Waals surface area (Å²) in [6, 6.07) is 18.0. The molecule has 4 rings (SSSR count). The molecular weight excluding hydrogens is 494 g/mol. The molecule has 0 aliphatic carbocycles. The standard InChI is InChI=1S/C26H25N5O5S/c1-15-8-13-19(36-15)22(25(33)29-14-16-9-11-18(35-2)12-10-16)31(17-6-4-3-5-7-17)26(34)23-20(27)21(24(28)32)30-37-23/h3-13,22H,14,27H2,1-2H3,(H2,28,32)(H,29,33). The zero-order chi connectivity index (χ0) is 26.5. The fourth-order valence-electron chi connectivity index (χ4n) is 3.71. The minimum atomic E-state index is -1.19. The topological polar surface area (TPSA) is 154 Å². The number of aryl methyl sites for hydroxylation is 1. The molecule has 0 aliphatic rings. The van der Waals surface area contributed by atoms with Crippen molar-refractivity contribution < 1.29 is 23.5 Å². The minimum Gasteiger partial charge on any atom is -0.497 e. The number of rotatable bonds is 9. The van der Waals surface area contributed by atoms with Crippen molar-refractivity contribution in [3.8, 4) is 5.75 Å². The Balaban J connectivity index is 1.74. The highest BCUT2D eigenvalue weighted by Crippen LogP contribution is 2.33. The Bertz CT molecular complexity index is 1410. The summed E-state index contributed by atoms with van der Waals surface area (Å²) in [4.78, 5) is 40.5. The van der Waals surface area contributed by atoms with Crippen LogP contribution in [0.3, 0.4) is 0 Å². The lowest BCUT2D eigenvalue weighted by molar-refractivity contribution is -0.123. The third-order valence-corrected chi connectivity index (χ3v) is 6.42. The van der Waals surface area contributed by atoms with Crippen molar-refractivity contribution in [3.05, 3.63) is 94.4 Å². The van der Waals surface area contributed by atoms with Gasteiger partial charge < -0.3 is 25.9 Å². The third kappa shape index (κ3) is 5.46. The number of nitrogens with zero attached hydrogens (tertiary/aromatic N) is 2. The molecule has 0 saturated carbocycles. The molecule has 0 aliphatic heterocycles. The Morgan fingerprint density at radius 2 is 1.78 bits per heavy atom. The lowest BCUT2D eigenvalue weighted by Crippen LogP contribution is -2.43. The first-order valence-corrected chi connectivity index (χ1v) is 12.0. The van der Waals surface area contributed by atoms with Gasteiger partial charge in [0.15, 0.2) is 11.7 Å². The number of furan rings is 1. The fourth-order valence-corrected chi connectivity index (χ4v) is 4.46. The largest absolute Gasteiger partial charge is 0.497 e. The number of hydrogen-bond donors (Lipinski definition) is 3. The van der Waals surface area contributed by atoms with Gasteiger partial charge in [-0.3, -0.25) is 19.3 Å². The summed E-state index contributed by atoms with van der Waals surface area (Å²) in [6.45, 7) is 1.94. The molecule has 2 heterocycles. The Morgan fingerprint density at radius 1 is 1.08 bits per heavy atom. The van der Waals surface area contributed by atoms with Crippen LogP contribution in [0.15, 0.2) is 71.1 Å². The van der Waals surface area contributed by atoms with Gasteiger partial charge in [0.25, 0.3) is 17.7 Å². The van der Waals surface area contributed by atoms with Gasteiger partial charge in [-0.25, -0.2) is 0 Å². The van der Waals surface area contributed by atoms with E-state index in [9.17, 15) is 14.4 Å². The highest BCUT2D eigenvalue weighted by Gasteiger charge is 2.37. The number of methoxy groups -OCH3 is 1. The molecule has 5 N–H and O–H groups in total.